The minimum absolute atomic E-state index is 0.0355. The predicted molar refractivity (Wildman–Crippen MR) is 104 cm³/mol. The van der Waals surface area contributed by atoms with Crippen molar-refractivity contribution < 1.29 is 27.8 Å². The first kappa shape index (κ1) is 22.4. The van der Waals surface area contributed by atoms with Crippen LogP contribution in [-0.2, 0) is 15.5 Å². The number of carboxylic acids is 1. The molecule has 0 saturated heterocycles. The highest BCUT2D eigenvalue weighted by atomic mass is 32.2. The van der Waals surface area contributed by atoms with Crippen molar-refractivity contribution in [3.63, 3.8) is 0 Å². The molecule has 2 rings (SSSR count). The molecule has 1 aliphatic heterocycles. The van der Waals surface area contributed by atoms with Crippen LogP contribution in [0.4, 0.5) is 13.2 Å². The summed E-state index contributed by atoms with van der Waals surface area (Å²) in [5, 5.41) is 8.89. The summed E-state index contributed by atoms with van der Waals surface area (Å²) >= 11 is 1.15. The lowest BCUT2D eigenvalue weighted by molar-refractivity contribution is -0.133. The zero-order valence-corrected chi connectivity index (χ0v) is 16.6. The number of alkyl halides is 2. The number of hydrogen-bond donors (Lipinski definition) is 1. The molecule has 1 aliphatic rings. The Kier molecular flexibility index (Phi) is 8.00. The molecule has 0 spiro atoms. The van der Waals surface area contributed by atoms with E-state index in [1.54, 1.807) is 19.4 Å². The van der Waals surface area contributed by atoms with Crippen LogP contribution < -0.4 is 0 Å². The third kappa shape index (κ3) is 5.78. The number of hydrogen-bond acceptors (Lipinski definition) is 4. The second kappa shape index (κ2) is 10.0. The first-order valence-corrected chi connectivity index (χ1v) is 9.99. The molecule has 0 radical (unpaired) electrons. The summed E-state index contributed by atoms with van der Waals surface area (Å²) in [5.41, 5.74) is -0.113. The van der Waals surface area contributed by atoms with Crippen molar-refractivity contribution in [1.82, 2.24) is 4.90 Å². The Morgan fingerprint density at radius 3 is 2.61 bits per heavy atom. The van der Waals surface area contributed by atoms with Gasteiger partial charge in [-0.2, -0.15) is 0 Å². The molecule has 2 atom stereocenters. The lowest BCUT2D eigenvalue weighted by atomic mass is 10.1. The summed E-state index contributed by atoms with van der Waals surface area (Å²) < 4.78 is 47.1. The molecular formula is C20H24F3NO3S. The summed E-state index contributed by atoms with van der Waals surface area (Å²) in [6, 6.07) is 4.15. The predicted octanol–water partition coefficient (Wildman–Crippen LogP) is 4.63. The SMILES string of the molecule is CCC(CN1C=CC=C(C(=O)O)C1SCCC(F)(F)c1ccc(F)cc1)OC. The summed E-state index contributed by atoms with van der Waals surface area (Å²) in [7, 11) is 1.58. The second-order valence-corrected chi connectivity index (χ2v) is 7.60. The van der Waals surface area contributed by atoms with Crippen LogP contribution in [-0.4, -0.2) is 46.9 Å². The van der Waals surface area contributed by atoms with Gasteiger partial charge in [0.1, 0.15) is 11.2 Å². The van der Waals surface area contributed by atoms with Crippen molar-refractivity contribution in [2.45, 2.75) is 37.2 Å². The number of nitrogens with zero attached hydrogens (tertiary/aromatic N) is 1. The van der Waals surface area contributed by atoms with Crippen LogP contribution >= 0.6 is 11.8 Å². The van der Waals surface area contributed by atoms with Crippen LogP contribution in [0.25, 0.3) is 0 Å². The van der Waals surface area contributed by atoms with E-state index >= 15 is 0 Å². The summed E-state index contributed by atoms with van der Waals surface area (Å²) in [6.07, 6.45) is 5.04. The number of carboxylic acid groups (broad SMARTS) is 1. The van der Waals surface area contributed by atoms with Crippen LogP contribution in [0.15, 0.2) is 48.2 Å². The number of carbonyl (C=O) groups is 1. The molecular weight excluding hydrogens is 391 g/mol. The second-order valence-electron chi connectivity index (χ2n) is 6.42. The van der Waals surface area contributed by atoms with Crippen molar-refractivity contribution in [3.8, 4) is 0 Å². The number of benzene rings is 1. The minimum atomic E-state index is -3.12. The van der Waals surface area contributed by atoms with Gasteiger partial charge in [0.25, 0.3) is 5.92 Å². The van der Waals surface area contributed by atoms with E-state index in [0.29, 0.717) is 6.54 Å². The molecule has 1 heterocycles. The summed E-state index contributed by atoms with van der Waals surface area (Å²) in [4.78, 5) is 13.4. The van der Waals surface area contributed by atoms with Crippen LogP contribution in [0.1, 0.15) is 25.3 Å². The Balaban J connectivity index is 2.06. The zero-order valence-electron chi connectivity index (χ0n) is 15.8. The molecule has 2 unspecified atom stereocenters. The Hall–Kier alpha value is -1.93. The van der Waals surface area contributed by atoms with E-state index in [2.05, 4.69) is 0 Å². The monoisotopic (exact) mass is 415 g/mol. The number of thioether (sulfide) groups is 1. The van der Waals surface area contributed by atoms with Gasteiger partial charge < -0.3 is 14.7 Å². The van der Waals surface area contributed by atoms with E-state index < -0.39 is 29.5 Å². The fourth-order valence-corrected chi connectivity index (χ4v) is 4.16. The molecule has 1 aromatic rings. The topological polar surface area (TPSA) is 49.8 Å². The molecule has 0 fully saturated rings. The Labute approximate surface area is 167 Å². The van der Waals surface area contributed by atoms with Crippen LogP contribution in [0.2, 0.25) is 0 Å². The van der Waals surface area contributed by atoms with E-state index in [0.717, 1.165) is 42.4 Å². The van der Waals surface area contributed by atoms with Crippen LogP contribution in [0, 0.1) is 5.82 Å². The molecule has 0 bridgehead atoms. The number of rotatable bonds is 10. The molecule has 1 N–H and O–H groups in total. The average Bonchev–Trinajstić information content (AvgIpc) is 2.66. The van der Waals surface area contributed by atoms with Gasteiger partial charge in [0.05, 0.1) is 11.7 Å². The Morgan fingerprint density at radius 2 is 2.04 bits per heavy atom. The van der Waals surface area contributed by atoms with Crippen molar-refractivity contribution in [1.29, 1.82) is 0 Å². The van der Waals surface area contributed by atoms with Gasteiger partial charge in [0.2, 0.25) is 0 Å². The maximum Gasteiger partial charge on any atom is 0.334 e. The van der Waals surface area contributed by atoms with Gasteiger partial charge in [-0.3, -0.25) is 0 Å². The fourth-order valence-electron chi connectivity index (χ4n) is 2.86. The lowest BCUT2D eigenvalue weighted by Crippen LogP contribution is -2.40. The standard InChI is InChI=1S/C20H24F3NO3S/c1-3-16(27-2)13-24-11-4-5-17(19(25)26)18(24)28-12-10-20(22,23)14-6-8-15(21)9-7-14/h4-9,11,16,18H,3,10,12-13H2,1-2H3,(H,25,26). The first-order valence-electron chi connectivity index (χ1n) is 8.94. The largest absolute Gasteiger partial charge is 0.478 e. The molecule has 4 nitrogen and oxygen atoms in total. The maximum atomic E-state index is 14.4. The van der Waals surface area contributed by atoms with Gasteiger partial charge in [-0.25, -0.2) is 18.0 Å². The van der Waals surface area contributed by atoms with Gasteiger partial charge in [0.15, 0.2) is 0 Å². The van der Waals surface area contributed by atoms with Gasteiger partial charge in [-0.1, -0.05) is 19.1 Å². The molecule has 0 amide bonds. The van der Waals surface area contributed by atoms with Crippen molar-refractivity contribution >= 4 is 17.7 Å². The van der Waals surface area contributed by atoms with E-state index in [1.165, 1.54) is 6.08 Å². The molecule has 0 saturated carbocycles. The van der Waals surface area contributed by atoms with E-state index in [-0.39, 0.29) is 23.0 Å². The van der Waals surface area contributed by atoms with E-state index in [1.807, 2.05) is 11.8 Å². The zero-order chi connectivity index (χ0) is 20.7. The van der Waals surface area contributed by atoms with Gasteiger partial charge in [-0.05, 0) is 30.7 Å². The van der Waals surface area contributed by atoms with Gasteiger partial charge in [0, 0.05) is 37.6 Å². The van der Waals surface area contributed by atoms with Gasteiger partial charge in [-0.15, -0.1) is 11.8 Å². The third-order valence-electron chi connectivity index (χ3n) is 4.53. The number of aliphatic carboxylic acids is 1. The van der Waals surface area contributed by atoms with Crippen molar-refractivity contribution in [2.24, 2.45) is 0 Å². The number of methoxy groups -OCH3 is 1. The summed E-state index contributed by atoms with van der Waals surface area (Å²) in [5.74, 6) is -4.74. The van der Waals surface area contributed by atoms with Gasteiger partial charge >= 0.3 is 5.97 Å². The number of ether oxygens (including phenoxy) is 1. The highest BCUT2D eigenvalue weighted by Gasteiger charge is 2.33. The van der Waals surface area contributed by atoms with Crippen LogP contribution in [0.3, 0.4) is 0 Å². The molecule has 154 valence electrons. The Bertz CT molecular complexity index is 718. The van der Waals surface area contributed by atoms with E-state index in [4.69, 9.17) is 4.74 Å². The Morgan fingerprint density at radius 1 is 1.36 bits per heavy atom. The molecule has 1 aromatic carbocycles. The smallest absolute Gasteiger partial charge is 0.334 e. The first-order chi connectivity index (χ1) is 13.3. The highest BCUT2D eigenvalue weighted by Crippen LogP contribution is 2.36. The van der Waals surface area contributed by atoms with Crippen molar-refractivity contribution in [2.75, 3.05) is 19.4 Å². The quantitative estimate of drug-likeness (QED) is 0.604. The van der Waals surface area contributed by atoms with Crippen LogP contribution in [0.5, 0.6) is 0 Å². The average molecular weight is 415 g/mol. The molecule has 0 aromatic heterocycles. The molecule has 8 heteroatoms. The maximum absolute atomic E-state index is 14.4. The summed E-state index contributed by atoms with van der Waals surface area (Å²) in [6.45, 7) is 2.42. The molecule has 28 heavy (non-hydrogen) atoms. The lowest BCUT2D eigenvalue weighted by Gasteiger charge is -2.35. The number of allylic oxidation sites excluding steroid dienone is 2. The third-order valence-corrected chi connectivity index (χ3v) is 5.81. The highest BCUT2D eigenvalue weighted by molar-refractivity contribution is 8.00. The molecule has 0 aliphatic carbocycles. The van der Waals surface area contributed by atoms with E-state index in [9.17, 15) is 23.1 Å². The minimum Gasteiger partial charge on any atom is -0.478 e. The fraction of sp³-hybridized carbons (Fsp3) is 0.450. The normalized spacial score (nSPS) is 18.1. The number of halogens is 3. The van der Waals surface area contributed by atoms with Crippen molar-refractivity contribution in [3.05, 3.63) is 59.6 Å².